The number of anilines is 2. The molecule has 0 saturated carbocycles. The molecule has 158 valence electrons. The van der Waals surface area contributed by atoms with Gasteiger partial charge in [0.1, 0.15) is 11.5 Å². The number of amides is 2. The van der Waals surface area contributed by atoms with E-state index in [2.05, 4.69) is 5.32 Å². The van der Waals surface area contributed by atoms with Gasteiger partial charge in [0, 0.05) is 24.8 Å². The Hall–Kier alpha value is -3.22. The van der Waals surface area contributed by atoms with Gasteiger partial charge in [-0.15, -0.1) is 0 Å². The Balaban J connectivity index is 1.48. The predicted octanol–water partition coefficient (Wildman–Crippen LogP) is 2.91. The number of fused-ring (bicyclic) bond motifs is 1. The van der Waals surface area contributed by atoms with Crippen molar-refractivity contribution in [3.63, 3.8) is 0 Å². The number of rotatable bonds is 5. The first-order valence-corrected chi connectivity index (χ1v) is 10.4. The third-order valence-electron chi connectivity index (χ3n) is 5.49. The van der Waals surface area contributed by atoms with Crippen LogP contribution in [-0.4, -0.2) is 56.1 Å². The summed E-state index contributed by atoms with van der Waals surface area (Å²) >= 11 is 0. The lowest BCUT2D eigenvalue weighted by molar-refractivity contribution is -0.139. The third-order valence-corrected chi connectivity index (χ3v) is 5.49. The summed E-state index contributed by atoms with van der Waals surface area (Å²) in [6.45, 7) is 2.02. The molecule has 1 fully saturated rings. The zero-order valence-corrected chi connectivity index (χ0v) is 17.2. The Morgan fingerprint density at radius 1 is 1.10 bits per heavy atom. The van der Waals surface area contributed by atoms with Crippen molar-refractivity contribution >= 4 is 23.2 Å². The highest BCUT2D eigenvalue weighted by Gasteiger charge is 2.34. The van der Waals surface area contributed by atoms with Crippen molar-refractivity contribution in [2.75, 3.05) is 43.5 Å². The molecule has 2 heterocycles. The molecule has 2 aliphatic rings. The largest absolute Gasteiger partial charge is 0.497 e. The van der Waals surface area contributed by atoms with Crippen LogP contribution in [0, 0.1) is 0 Å². The molecule has 2 aromatic carbocycles. The molecule has 1 N–H and O–H groups in total. The number of hydrogen-bond acceptors (Lipinski definition) is 5. The SMILES string of the molecule is COc1cccc(NC(=O)CN2C[C@@H](C(=O)N3CCCCC3)Oc3ccccc32)c1. The number of para-hydroxylation sites is 2. The minimum atomic E-state index is -0.609. The highest BCUT2D eigenvalue weighted by Crippen LogP contribution is 2.33. The maximum atomic E-state index is 13.0. The average molecular weight is 409 g/mol. The van der Waals surface area contributed by atoms with E-state index in [9.17, 15) is 9.59 Å². The number of hydrogen-bond donors (Lipinski definition) is 1. The van der Waals surface area contributed by atoms with Crippen LogP contribution in [0.3, 0.4) is 0 Å². The van der Waals surface area contributed by atoms with Gasteiger partial charge in [-0.05, 0) is 43.5 Å². The molecule has 30 heavy (non-hydrogen) atoms. The zero-order valence-electron chi connectivity index (χ0n) is 17.2. The molecule has 0 unspecified atom stereocenters. The number of carbonyl (C=O) groups is 2. The van der Waals surface area contributed by atoms with Gasteiger partial charge in [-0.25, -0.2) is 0 Å². The highest BCUT2D eigenvalue weighted by atomic mass is 16.5. The van der Waals surface area contributed by atoms with Gasteiger partial charge in [-0.2, -0.15) is 0 Å². The summed E-state index contributed by atoms with van der Waals surface area (Å²) in [5, 5.41) is 2.91. The fraction of sp³-hybridized carbons (Fsp3) is 0.391. The molecule has 1 atom stereocenters. The molecule has 0 radical (unpaired) electrons. The van der Waals surface area contributed by atoms with Crippen LogP contribution in [0.2, 0.25) is 0 Å². The Kier molecular flexibility index (Phi) is 6.07. The molecule has 0 bridgehead atoms. The van der Waals surface area contributed by atoms with Crippen molar-refractivity contribution in [2.45, 2.75) is 25.4 Å². The number of nitrogens with one attached hydrogen (secondary N) is 1. The quantitative estimate of drug-likeness (QED) is 0.822. The Morgan fingerprint density at radius 3 is 2.70 bits per heavy atom. The van der Waals surface area contributed by atoms with E-state index >= 15 is 0 Å². The molecule has 7 heteroatoms. The minimum absolute atomic E-state index is 0.00223. The Labute approximate surface area is 176 Å². The van der Waals surface area contributed by atoms with Crippen LogP contribution in [0.4, 0.5) is 11.4 Å². The van der Waals surface area contributed by atoms with Crippen molar-refractivity contribution in [3.05, 3.63) is 48.5 Å². The van der Waals surface area contributed by atoms with Crippen molar-refractivity contribution < 1.29 is 19.1 Å². The number of likely N-dealkylation sites (tertiary alicyclic amines) is 1. The smallest absolute Gasteiger partial charge is 0.265 e. The molecule has 2 aliphatic heterocycles. The fourth-order valence-corrected chi connectivity index (χ4v) is 3.98. The van der Waals surface area contributed by atoms with Gasteiger partial charge < -0.3 is 24.6 Å². The molecule has 0 aromatic heterocycles. The first-order chi connectivity index (χ1) is 14.6. The van der Waals surface area contributed by atoms with E-state index in [1.54, 1.807) is 13.2 Å². The van der Waals surface area contributed by atoms with E-state index in [0.717, 1.165) is 38.0 Å². The second-order valence-corrected chi connectivity index (χ2v) is 7.62. The lowest BCUT2D eigenvalue weighted by Gasteiger charge is -2.38. The van der Waals surface area contributed by atoms with E-state index in [0.29, 0.717) is 23.7 Å². The summed E-state index contributed by atoms with van der Waals surface area (Å²) in [4.78, 5) is 29.6. The predicted molar refractivity (Wildman–Crippen MR) is 115 cm³/mol. The second-order valence-electron chi connectivity index (χ2n) is 7.62. The van der Waals surface area contributed by atoms with Crippen LogP contribution in [0.15, 0.2) is 48.5 Å². The van der Waals surface area contributed by atoms with E-state index in [1.807, 2.05) is 52.3 Å². The molecule has 0 spiro atoms. The lowest BCUT2D eigenvalue weighted by Crippen LogP contribution is -2.52. The summed E-state index contributed by atoms with van der Waals surface area (Å²) in [5.41, 5.74) is 1.49. The minimum Gasteiger partial charge on any atom is -0.497 e. The average Bonchev–Trinajstić information content (AvgIpc) is 2.79. The van der Waals surface area contributed by atoms with Crippen LogP contribution in [0.25, 0.3) is 0 Å². The summed E-state index contributed by atoms with van der Waals surface area (Å²) < 4.78 is 11.2. The van der Waals surface area contributed by atoms with Gasteiger partial charge in [0.2, 0.25) is 5.91 Å². The standard InChI is InChI=1S/C23H27N3O4/c1-29-18-9-7-8-17(14-18)24-22(27)16-26-15-21(23(28)25-12-5-2-6-13-25)30-20-11-4-3-10-19(20)26/h3-4,7-11,14,21H,2,5-6,12-13,15-16H2,1H3,(H,24,27)/t21-/m0/s1. The number of nitrogens with zero attached hydrogens (tertiary/aromatic N) is 2. The van der Waals surface area contributed by atoms with E-state index < -0.39 is 6.10 Å². The normalized spacial score (nSPS) is 18.2. The van der Waals surface area contributed by atoms with Crippen molar-refractivity contribution in [1.29, 1.82) is 0 Å². The molecule has 7 nitrogen and oxygen atoms in total. The van der Waals surface area contributed by atoms with Crippen molar-refractivity contribution in [2.24, 2.45) is 0 Å². The molecular weight excluding hydrogens is 382 g/mol. The highest BCUT2D eigenvalue weighted by molar-refractivity contribution is 5.95. The van der Waals surface area contributed by atoms with Crippen LogP contribution < -0.4 is 19.7 Å². The van der Waals surface area contributed by atoms with Crippen LogP contribution >= 0.6 is 0 Å². The Morgan fingerprint density at radius 2 is 1.90 bits per heavy atom. The van der Waals surface area contributed by atoms with Gasteiger partial charge in [0.05, 0.1) is 25.9 Å². The number of ether oxygens (including phenoxy) is 2. The van der Waals surface area contributed by atoms with Gasteiger partial charge in [-0.1, -0.05) is 18.2 Å². The zero-order chi connectivity index (χ0) is 20.9. The molecule has 4 rings (SSSR count). The summed E-state index contributed by atoms with van der Waals surface area (Å²) in [6, 6.07) is 14.8. The van der Waals surface area contributed by atoms with Crippen molar-refractivity contribution in [1.82, 2.24) is 4.90 Å². The molecule has 1 saturated heterocycles. The first kappa shape index (κ1) is 20.1. The van der Waals surface area contributed by atoms with Gasteiger partial charge in [0.15, 0.2) is 6.10 Å². The topological polar surface area (TPSA) is 71.1 Å². The van der Waals surface area contributed by atoms with Crippen LogP contribution in [0.5, 0.6) is 11.5 Å². The number of piperidine rings is 1. The molecular formula is C23H27N3O4. The second kappa shape index (κ2) is 9.07. The van der Waals surface area contributed by atoms with E-state index in [4.69, 9.17) is 9.47 Å². The fourth-order valence-electron chi connectivity index (χ4n) is 3.98. The molecule has 0 aliphatic carbocycles. The number of carbonyl (C=O) groups excluding carboxylic acids is 2. The third kappa shape index (κ3) is 4.50. The molecule has 2 amide bonds. The summed E-state index contributed by atoms with van der Waals surface area (Å²) in [5.74, 6) is 1.15. The van der Waals surface area contributed by atoms with E-state index in [-0.39, 0.29) is 18.4 Å². The lowest BCUT2D eigenvalue weighted by atomic mass is 10.1. The summed E-state index contributed by atoms with van der Waals surface area (Å²) in [7, 11) is 1.59. The number of benzene rings is 2. The van der Waals surface area contributed by atoms with Crippen LogP contribution in [-0.2, 0) is 9.59 Å². The van der Waals surface area contributed by atoms with Crippen molar-refractivity contribution in [3.8, 4) is 11.5 Å². The van der Waals surface area contributed by atoms with E-state index in [1.165, 1.54) is 0 Å². The van der Waals surface area contributed by atoms with Gasteiger partial charge in [-0.3, -0.25) is 9.59 Å². The van der Waals surface area contributed by atoms with Gasteiger partial charge in [0.25, 0.3) is 5.91 Å². The molecule has 2 aromatic rings. The first-order valence-electron chi connectivity index (χ1n) is 10.4. The maximum Gasteiger partial charge on any atom is 0.265 e. The maximum absolute atomic E-state index is 13.0. The number of methoxy groups -OCH3 is 1. The van der Waals surface area contributed by atoms with Gasteiger partial charge >= 0.3 is 0 Å². The van der Waals surface area contributed by atoms with Crippen LogP contribution in [0.1, 0.15) is 19.3 Å². The summed E-state index contributed by atoms with van der Waals surface area (Å²) in [6.07, 6.45) is 2.61. The Bertz CT molecular complexity index is 911. The monoisotopic (exact) mass is 409 g/mol.